The summed E-state index contributed by atoms with van der Waals surface area (Å²) in [5, 5.41) is 14.0. The van der Waals surface area contributed by atoms with Gasteiger partial charge in [-0.3, -0.25) is 16.0 Å². The number of nitrogen functional groups attached to an aromatic ring is 1. The van der Waals surface area contributed by atoms with Gasteiger partial charge in [0.15, 0.2) is 0 Å². The van der Waals surface area contributed by atoms with Crippen molar-refractivity contribution in [1.82, 2.24) is 0 Å². The number of nitrogens with zero attached hydrogens (tertiary/aromatic N) is 1. The van der Waals surface area contributed by atoms with Crippen LogP contribution in [0, 0.1) is 17.0 Å². The van der Waals surface area contributed by atoms with Crippen molar-refractivity contribution in [3.8, 4) is 0 Å². The minimum atomic E-state index is -0.461. The van der Waals surface area contributed by atoms with Crippen molar-refractivity contribution in [3.05, 3.63) is 56.5 Å². The van der Waals surface area contributed by atoms with Crippen LogP contribution in [0.4, 0.5) is 22.7 Å². The molecule has 2 aromatic carbocycles. The van der Waals surface area contributed by atoms with Crippen molar-refractivity contribution in [2.75, 3.05) is 10.7 Å². The maximum Gasteiger partial charge on any atom is 0.273 e. The summed E-state index contributed by atoms with van der Waals surface area (Å²) in [5.74, 6) is 5.33. The average molecular weight is 337 g/mol. The third-order valence-electron chi connectivity index (χ3n) is 2.77. The first-order chi connectivity index (χ1) is 9.51. The fourth-order valence-electron chi connectivity index (χ4n) is 1.77. The third kappa shape index (κ3) is 3.06. The minimum Gasteiger partial charge on any atom is -0.354 e. The Morgan fingerprint density at radius 3 is 2.60 bits per heavy atom. The van der Waals surface area contributed by atoms with Crippen LogP contribution in [-0.4, -0.2) is 4.92 Å². The van der Waals surface area contributed by atoms with Gasteiger partial charge in [0.25, 0.3) is 5.69 Å². The zero-order chi connectivity index (χ0) is 14.7. The highest BCUT2D eigenvalue weighted by molar-refractivity contribution is 9.10. The van der Waals surface area contributed by atoms with E-state index in [1.54, 1.807) is 6.07 Å². The van der Waals surface area contributed by atoms with Gasteiger partial charge in [-0.2, -0.15) is 0 Å². The summed E-state index contributed by atoms with van der Waals surface area (Å²) in [6.45, 7) is 1.97. The van der Waals surface area contributed by atoms with Crippen LogP contribution in [-0.2, 0) is 0 Å². The van der Waals surface area contributed by atoms with Crippen molar-refractivity contribution in [3.63, 3.8) is 0 Å². The molecule has 6 nitrogen and oxygen atoms in total. The molecule has 0 fully saturated rings. The summed E-state index contributed by atoms with van der Waals surface area (Å²) in [7, 11) is 0. The second-order valence-electron chi connectivity index (χ2n) is 4.23. The van der Waals surface area contributed by atoms with Crippen LogP contribution >= 0.6 is 15.9 Å². The van der Waals surface area contributed by atoms with E-state index in [4.69, 9.17) is 5.84 Å². The van der Waals surface area contributed by atoms with Crippen LogP contribution in [0.3, 0.4) is 0 Å². The number of hydrogen-bond donors (Lipinski definition) is 3. The van der Waals surface area contributed by atoms with E-state index in [0.717, 1.165) is 15.7 Å². The van der Waals surface area contributed by atoms with Gasteiger partial charge in [0.1, 0.15) is 0 Å². The molecular weight excluding hydrogens is 324 g/mol. The van der Waals surface area contributed by atoms with Crippen LogP contribution in [0.15, 0.2) is 40.9 Å². The third-order valence-corrected chi connectivity index (χ3v) is 3.82. The van der Waals surface area contributed by atoms with E-state index in [9.17, 15) is 10.1 Å². The number of anilines is 3. The predicted molar refractivity (Wildman–Crippen MR) is 83.1 cm³/mol. The van der Waals surface area contributed by atoms with Gasteiger partial charge >= 0.3 is 0 Å². The molecule has 0 saturated carbocycles. The molecular formula is C13H13BrN4O2. The zero-order valence-corrected chi connectivity index (χ0v) is 12.3. The van der Waals surface area contributed by atoms with Gasteiger partial charge in [-0.15, -0.1) is 0 Å². The van der Waals surface area contributed by atoms with Crippen molar-refractivity contribution >= 4 is 38.7 Å². The van der Waals surface area contributed by atoms with E-state index in [0.29, 0.717) is 11.4 Å². The highest BCUT2D eigenvalue weighted by atomic mass is 79.9. The van der Waals surface area contributed by atoms with Crippen LogP contribution in [0.5, 0.6) is 0 Å². The highest BCUT2D eigenvalue weighted by Crippen LogP contribution is 2.31. The molecule has 0 amide bonds. The first-order valence-electron chi connectivity index (χ1n) is 5.79. The molecule has 2 rings (SSSR count). The predicted octanol–water partition coefficient (Wildman–Crippen LogP) is 3.69. The smallest absolute Gasteiger partial charge is 0.273 e. The molecule has 0 atom stereocenters. The number of hydrogen-bond acceptors (Lipinski definition) is 5. The molecule has 0 aliphatic carbocycles. The first kappa shape index (κ1) is 14.3. The van der Waals surface area contributed by atoms with Gasteiger partial charge in [-0.25, -0.2) is 0 Å². The summed E-state index contributed by atoms with van der Waals surface area (Å²) in [6, 6.07) is 10.3. The zero-order valence-electron chi connectivity index (χ0n) is 10.7. The number of aryl methyl sites for hydroxylation is 1. The Hall–Kier alpha value is -2.12. The van der Waals surface area contributed by atoms with Crippen LogP contribution in [0.2, 0.25) is 0 Å². The van der Waals surface area contributed by atoms with Crippen molar-refractivity contribution in [2.24, 2.45) is 5.84 Å². The minimum absolute atomic E-state index is 0.0354. The lowest BCUT2D eigenvalue weighted by molar-refractivity contribution is -0.384. The number of nitro benzene ring substituents is 1. The molecule has 104 valence electrons. The molecule has 0 heterocycles. The molecule has 0 saturated heterocycles. The standard InChI is InChI=1S/C13H13BrN4O2/c1-8-3-2-4-12(13(8)14)16-9-5-10(17-15)7-11(6-9)18(19)20/h2-7,16-17H,15H2,1H3. The number of nitro groups is 1. The van der Waals surface area contributed by atoms with E-state index in [2.05, 4.69) is 26.7 Å². The molecule has 7 heteroatoms. The Labute approximate surface area is 124 Å². The van der Waals surface area contributed by atoms with E-state index in [1.165, 1.54) is 12.1 Å². The molecule has 0 unspecified atom stereocenters. The van der Waals surface area contributed by atoms with Gasteiger partial charge < -0.3 is 10.7 Å². The maximum atomic E-state index is 10.9. The van der Waals surface area contributed by atoms with E-state index in [1.807, 2.05) is 25.1 Å². The van der Waals surface area contributed by atoms with Crippen molar-refractivity contribution in [2.45, 2.75) is 6.92 Å². The number of hydrazine groups is 1. The first-order valence-corrected chi connectivity index (χ1v) is 6.59. The quantitative estimate of drug-likeness (QED) is 0.449. The van der Waals surface area contributed by atoms with Crippen LogP contribution < -0.4 is 16.6 Å². The number of halogens is 1. The Balaban J connectivity index is 2.40. The molecule has 0 spiro atoms. The summed E-state index contributed by atoms with van der Waals surface area (Å²) in [5.41, 5.74) is 5.32. The van der Waals surface area contributed by atoms with Gasteiger partial charge in [0, 0.05) is 22.3 Å². The number of non-ortho nitro benzene ring substituents is 1. The van der Waals surface area contributed by atoms with Crippen molar-refractivity contribution < 1.29 is 4.92 Å². The van der Waals surface area contributed by atoms with Crippen molar-refractivity contribution in [1.29, 1.82) is 0 Å². The molecule has 0 bridgehead atoms. The van der Waals surface area contributed by atoms with Gasteiger partial charge in [-0.05, 0) is 40.5 Å². The second-order valence-corrected chi connectivity index (χ2v) is 5.02. The highest BCUT2D eigenvalue weighted by Gasteiger charge is 2.10. The van der Waals surface area contributed by atoms with E-state index >= 15 is 0 Å². The lowest BCUT2D eigenvalue weighted by Gasteiger charge is -2.11. The molecule has 4 N–H and O–H groups in total. The Kier molecular flexibility index (Phi) is 4.21. The Morgan fingerprint density at radius 2 is 1.95 bits per heavy atom. The SMILES string of the molecule is Cc1cccc(Nc2cc(NN)cc([N+](=O)[O-])c2)c1Br. The normalized spacial score (nSPS) is 10.2. The van der Waals surface area contributed by atoms with Gasteiger partial charge in [0.2, 0.25) is 0 Å². The van der Waals surface area contributed by atoms with Gasteiger partial charge in [0.05, 0.1) is 16.3 Å². The average Bonchev–Trinajstić information content (AvgIpc) is 2.43. The molecule has 2 aromatic rings. The molecule has 20 heavy (non-hydrogen) atoms. The van der Waals surface area contributed by atoms with Crippen LogP contribution in [0.1, 0.15) is 5.56 Å². The number of nitrogens with one attached hydrogen (secondary N) is 2. The Morgan fingerprint density at radius 1 is 1.25 bits per heavy atom. The molecule has 0 aromatic heterocycles. The maximum absolute atomic E-state index is 10.9. The lowest BCUT2D eigenvalue weighted by Crippen LogP contribution is -2.07. The summed E-state index contributed by atoms with van der Waals surface area (Å²) in [4.78, 5) is 10.4. The Bertz CT molecular complexity index is 661. The largest absolute Gasteiger partial charge is 0.354 e. The fourth-order valence-corrected chi connectivity index (χ4v) is 2.14. The number of nitrogens with two attached hydrogens (primary N) is 1. The fraction of sp³-hybridized carbons (Fsp3) is 0.0769. The second kappa shape index (κ2) is 5.89. The van der Waals surface area contributed by atoms with Crippen LogP contribution in [0.25, 0.3) is 0 Å². The lowest BCUT2D eigenvalue weighted by atomic mass is 10.2. The topological polar surface area (TPSA) is 93.2 Å². The molecule has 0 radical (unpaired) electrons. The molecule has 0 aliphatic heterocycles. The number of benzene rings is 2. The van der Waals surface area contributed by atoms with E-state index < -0.39 is 4.92 Å². The van der Waals surface area contributed by atoms with Gasteiger partial charge in [-0.1, -0.05) is 12.1 Å². The summed E-state index contributed by atoms with van der Waals surface area (Å²) < 4.78 is 0.911. The summed E-state index contributed by atoms with van der Waals surface area (Å²) in [6.07, 6.45) is 0. The van der Waals surface area contributed by atoms with E-state index in [-0.39, 0.29) is 5.69 Å². The summed E-state index contributed by atoms with van der Waals surface area (Å²) >= 11 is 3.48. The number of rotatable bonds is 4. The monoisotopic (exact) mass is 336 g/mol. The molecule has 0 aliphatic rings.